The van der Waals surface area contributed by atoms with E-state index >= 15 is 0 Å². The quantitative estimate of drug-likeness (QED) is 0.417. The van der Waals surface area contributed by atoms with Crippen molar-refractivity contribution in [2.24, 2.45) is 5.11 Å². The number of hydrogen-bond acceptors (Lipinski definition) is 2. The first-order valence-corrected chi connectivity index (χ1v) is 4.80. The first kappa shape index (κ1) is 11.3. The molecule has 0 aromatic heterocycles. The number of azide groups is 1. The van der Waals surface area contributed by atoms with Crippen molar-refractivity contribution in [3.8, 4) is 0 Å². The van der Waals surface area contributed by atoms with Crippen molar-refractivity contribution < 1.29 is 4.39 Å². The summed E-state index contributed by atoms with van der Waals surface area (Å²) in [6.45, 7) is 3.49. The predicted molar refractivity (Wildman–Crippen MR) is 58.3 cm³/mol. The summed E-state index contributed by atoms with van der Waals surface area (Å²) in [7, 11) is 0. The van der Waals surface area contributed by atoms with Crippen molar-refractivity contribution in [2.75, 3.05) is 24.5 Å². The Hall–Kier alpha value is -1.74. The zero-order valence-electron chi connectivity index (χ0n) is 8.60. The van der Waals surface area contributed by atoms with Gasteiger partial charge in [0.15, 0.2) is 0 Å². The second kappa shape index (κ2) is 5.88. The monoisotopic (exact) mass is 208 g/mol. The minimum Gasteiger partial charge on any atom is -0.369 e. The lowest BCUT2D eigenvalue weighted by Gasteiger charge is -2.22. The Bertz CT molecular complexity index is 360. The van der Waals surface area contributed by atoms with E-state index in [2.05, 4.69) is 10.0 Å². The summed E-state index contributed by atoms with van der Waals surface area (Å²) in [5, 5.41) is 3.43. The molecule has 80 valence electrons. The maximum atomic E-state index is 13.4. The third-order valence-electron chi connectivity index (χ3n) is 2.11. The normalized spacial score (nSPS) is 9.47. The summed E-state index contributed by atoms with van der Waals surface area (Å²) in [6.07, 6.45) is 0. The van der Waals surface area contributed by atoms with Crippen LogP contribution >= 0.6 is 0 Å². The van der Waals surface area contributed by atoms with Gasteiger partial charge in [0.05, 0.1) is 5.69 Å². The molecule has 0 saturated carbocycles. The average molecular weight is 208 g/mol. The lowest BCUT2D eigenvalue weighted by atomic mass is 10.2. The molecule has 0 atom stereocenters. The number of nitrogens with zero attached hydrogens (tertiary/aromatic N) is 4. The van der Waals surface area contributed by atoms with E-state index in [1.54, 1.807) is 18.2 Å². The highest BCUT2D eigenvalue weighted by molar-refractivity contribution is 5.47. The average Bonchev–Trinajstić information content (AvgIpc) is 2.26. The molecule has 1 aromatic carbocycles. The highest BCUT2D eigenvalue weighted by Crippen LogP contribution is 2.17. The van der Waals surface area contributed by atoms with Gasteiger partial charge in [0, 0.05) is 24.5 Å². The fourth-order valence-corrected chi connectivity index (χ4v) is 1.37. The van der Waals surface area contributed by atoms with Crippen LogP contribution in [0.4, 0.5) is 10.1 Å². The van der Waals surface area contributed by atoms with E-state index in [1.807, 2.05) is 11.8 Å². The molecule has 15 heavy (non-hydrogen) atoms. The fourth-order valence-electron chi connectivity index (χ4n) is 1.37. The second-order valence-corrected chi connectivity index (χ2v) is 2.99. The standard InChI is InChI=1S/C10H13FN4/c1-2-15(8-7-13-14-12)10-6-4-3-5-9(10)11/h3-6H,2,7-8H2,1H3. The van der Waals surface area contributed by atoms with Crippen LogP contribution in [0.25, 0.3) is 10.4 Å². The molecule has 0 fully saturated rings. The smallest absolute Gasteiger partial charge is 0.146 e. The van der Waals surface area contributed by atoms with Crippen LogP contribution in [0.1, 0.15) is 6.92 Å². The maximum absolute atomic E-state index is 13.4. The molecule has 0 N–H and O–H groups in total. The van der Waals surface area contributed by atoms with Crippen LogP contribution in [-0.2, 0) is 0 Å². The molecule has 1 rings (SSSR count). The summed E-state index contributed by atoms with van der Waals surface area (Å²) in [5.41, 5.74) is 8.69. The van der Waals surface area contributed by atoms with E-state index in [4.69, 9.17) is 5.53 Å². The molecule has 0 saturated heterocycles. The summed E-state index contributed by atoms with van der Waals surface area (Å²) >= 11 is 0. The third kappa shape index (κ3) is 3.14. The summed E-state index contributed by atoms with van der Waals surface area (Å²) in [4.78, 5) is 4.50. The molecule has 0 aliphatic rings. The molecular weight excluding hydrogens is 195 g/mol. The van der Waals surface area contributed by atoms with E-state index in [1.165, 1.54) is 6.07 Å². The van der Waals surface area contributed by atoms with Gasteiger partial charge in [-0.05, 0) is 24.6 Å². The molecule has 0 aliphatic heterocycles. The Kier molecular flexibility index (Phi) is 4.44. The van der Waals surface area contributed by atoms with E-state index in [0.29, 0.717) is 25.3 Å². The number of hydrogen-bond donors (Lipinski definition) is 0. The number of benzene rings is 1. The van der Waals surface area contributed by atoms with Crippen molar-refractivity contribution >= 4 is 5.69 Å². The molecule has 0 heterocycles. The lowest BCUT2D eigenvalue weighted by molar-refractivity contribution is 0.618. The Morgan fingerprint density at radius 1 is 1.47 bits per heavy atom. The van der Waals surface area contributed by atoms with Gasteiger partial charge in [0.25, 0.3) is 0 Å². The number of halogens is 1. The molecule has 0 aliphatic carbocycles. The summed E-state index contributed by atoms with van der Waals surface area (Å²) in [5.74, 6) is -0.250. The zero-order valence-corrected chi connectivity index (χ0v) is 8.60. The Morgan fingerprint density at radius 3 is 2.80 bits per heavy atom. The van der Waals surface area contributed by atoms with Crippen LogP contribution in [0.15, 0.2) is 29.4 Å². The topological polar surface area (TPSA) is 52.0 Å². The van der Waals surface area contributed by atoms with Crippen LogP contribution in [0, 0.1) is 5.82 Å². The third-order valence-corrected chi connectivity index (χ3v) is 2.11. The number of para-hydroxylation sites is 1. The van der Waals surface area contributed by atoms with Crippen molar-refractivity contribution in [1.82, 2.24) is 0 Å². The van der Waals surface area contributed by atoms with Gasteiger partial charge in [-0.15, -0.1) is 0 Å². The van der Waals surface area contributed by atoms with Gasteiger partial charge in [0.1, 0.15) is 5.82 Å². The summed E-state index contributed by atoms with van der Waals surface area (Å²) in [6, 6.07) is 6.58. The van der Waals surface area contributed by atoms with Gasteiger partial charge in [-0.25, -0.2) is 4.39 Å². The molecule has 5 heteroatoms. The van der Waals surface area contributed by atoms with Crippen LogP contribution in [0.3, 0.4) is 0 Å². The number of anilines is 1. The van der Waals surface area contributed by atoms with Gasteiger partial charge < -0.3 is 4.90 Å². The van der Waals surface area contributed by atoms with E-state index in [-0.39, 0.29) is 5.82 Å². The molecule has 0 radical (unpaired) electrons. The maximum Gasteiger partial charge on any atom is 0.146 e. The minimum absolute atomic E-state index is 0.250. The van der Waals surface area contributed by atoms with Gasteiger partial charge in [-0.2, -0.15) is 0 Å². The second-order valence-electron chi connectivity index (χ2n) is 2.99. The SMILES string of the molecule is CCN(CCN=[N+]=[N-])c1ccccc1F. The van der Waals surface area contributed by atoms with Crippen molar-refractivity contribution in [1.29, 1.82) is 0 Å². The molecule has 0 bridgehead atoms. The zero-order chi connectivity index (χ0) is 11.1. The van der Waals surface area contributed by atoms with E-state index < -0.39 is 0 Å². The number of likely N-dealkylation sites (N-methyl/N-ethyl adjacent to an activating group) is 1. The lowest BCUT2D eigenvalue weighted by Crippen LogP contribution is -2.26. The highest BCUT2D eigenvalue weighted by atomic mass is 19.1. The minimum atomic E-state index is -0.250. The Labute approximate surface area is 88.0 Å². The van der Waals surface area contributed by atoms with Gasteiger partial charge >= 0.3 is 0 Å². The first-order valence-electron chi connectivity index (χ1n) is 4.80. The fraction of sp³-hybridized carbons (Fsp3) is 0.400. The van der Waals surface area contributed by atoms with Crippen molar-refractivity contribution in [3.05, 3.63) is 40.5 Å². The Morgan fingerprint density at radius 2 is 2.20 bits per heavy atom. The van der Waals surface area contributed by atoms with Crippen LogP contribution in [-0.4, -0.2) is 19.6 Å². The molecule has 4 nitrogen and oxygen atoms in total. The molecule has 0 unspecified atom stereocenters. The van der Waals surface area contributed by atoms with Gasteiger partial charge in [-0.1, -0.05) is 17.2 Å². The predicted octanol–water partition coefficient (Wildman–Crippen LogP) is 2.96. The van der Waals surface area contributed by atoms with Crippen LogP contribution in [0.5, 0.6) is 0 Å². The molecule has 0 spiro atoms. The molecule has 1 aromatic rings. The largest absolute Gasteiger partial charge is 0.369 e. The van der Waals surface area contributed by atoms with E-state index in [0.717, 1.165) is 0 Å². The van der Waals surface area contributed by atoms with Gasteiger partial charge in [0.2, 0.25) is 0 Å². The first-order chi connectivity index (χ1) is 7.29. The van der Waals surface area contributed by atoms with Crippen molar-refractivity contribution in [3.63, 3.8) is 0 Å². The van der Waals surface area contributed by atoms with Crippen molar-refractivity contribution in [2.45, 2.75) is 6.92 Å². The van der Waals surface area contributed by atoms with E-state index in [9.17, 15) is 4.39 Å². The van der Waals surface area contributed by atoms with Gasteiger partial charge in [-0.3, -0.25) is 0 Å². The Balaban J connectivity index is 2.73. The summed E-state index contributed by atoms with van der Waals surface area (Å²) < 4.78 is 13.4. The van der Waals surface area contributed by atoms with Crippen LogP contribution in [0.2, 0.25) is 0 Å². The number of rotatable bonds is 5. The molecule has 0 amide bonds. The highest BCUT2D eigenvalue weighted by Gasteiger charge is 2.07. The molecular formula is C10H13FN4. The van der Waals surface area contributed by atoms with Crippen LogP contribution < -0.4 is 4.90 Å².